The van der Waals surface area contributed by atoms with Gasteiger partial charge in [0.1, 0.15) is 0 Å². The molecular weight excluding hydrogens is 300 g/mol. The molecule has 1 aromatic rings. The Morgan fingerprint density at radius 1 is 1.55 bits per heavy atom. The number of urea groups is 1. The Labute approximate surface area is 134 Å². The number of rotatable bonds is 5. The van der Waals surface area contributed by atoms with Crippen molar-refractivity contribution in [2.45, 2.75) is 38.3 Å². The number of hydrogen-bond donors (Lipinski definition) is 3. The second-order valence-corrected chi connectivity index (χ2v) is 6.87. The molecule has 6 nitrogen and oxygen atoms in total. The lowest BCUT2D eigenvalue weighted by Gasteiger charge is -2.38. The summed E-state index contributed by atoms with van der Waals surface area (Å²) in [5.41, 5.74) is 11.1. The molecule has 7 heteroatoms. The highest BCUT2D eigenvalue weighted by Crippen LogP contribution is 2.26. The maximum Gasteiger partial charge on any atom is 0.312 e. The summed E-state index contributed by atoms with van der Waals surface area (Å²) in [4.78, 5) is 26.6. The van der Waals surface area contributed by atoms with E-state index in [4.69, 9.17) is 11.5 Å². The molecule has 0 saturated carbocycles. The number of carbonyl (C=O) groups is 2. The summed E-state index contributed by atoms with van der Waals surface area (Å²) in [7, 11) is 0. The van der Waals surface area contributed by atoms with Gasteiger partial charge in [0.15, 0.2) is 0 Å². The first-order chi connectivity index (χ1) is 10.5. The maximum absolute atomic E-state index is 12.6. The third-order valence-electron chi connectivity index (χ3n) is 4.15. The second kappa shape index (κ2) is 7.60. The second-order valence-electron chi connectivity index (χ2n) is 5.89. The van der Waals surface area contributed by atoms with Crippen LogP contribution in [0.1, 0.15) is 37.1 Å². The van der Waals surface area contributed by atoms with E-state index in [2.05, 4.69) is 12.2 Å². The van der Waals surface area contributed by atoms with Crippen molar-refractivity contribution in [2.24, 2.45) is 17.4 Å². The van der Waals surface area contributed by atoms with E-state index in [1.807, 2.05) is 22.4 Å². The zero-order valence-corrected chi connectivity index (χ0v) is 13.6. The first-order valence-corrected chi connectivity index (χ1v) is 8.48. The highest BCUT2D eigenvalue weighted by atomic mass is 32.1. The van der Waals surface area contributed by atoms with Crippen molar-refractivity contribution in [2.75, 3.05) is 13.1 Å². The standard InChI is InChI=1S/C15H24N4O2S/c1-10-4-5-19(11(7-10)9-16)14(20)8-12(18-15(17)21)13-3-2-6-22-13/h2-3,6,10-12H,4-5,7-9,16H2,1H3,(H3,17,18,21). The van der Waals surface area contributed by atoms with Crippen LogP contribution in [0.25, 0.3) is 0 Å². The predicted octanol–water partition coefficient (Wildman–Crippen LogP) is 1.43. The molecule has 2 heterocycles. The van der Waals surface area contributed by atoms with Crippen LogP contribution in [-0.4, -0.2) is 36.0 Å². The Morgan fingerprint density at radius 2 is 2.32 bits per heavy atom. The highest BCUT2D eigenvalue weighted by Gasteiger charge is 2.30. The Hall–Kier alpha value is -1.60. The van der Waals surface area contributed by atoms with E-state index in [1.54, 1.807) is 0 Å². The van der Waals surface area contributed by atoms with Crippen molar-refractivity contribution in [3.63, 3.8) is 0 Å². The van der Waals surface area contributed by atoms with Crippen LogP contribution in [0.2, 0.25) is 0 Å². The molecule has 3 atom stereocenters. The van der Waals surface area contributed by atoms with E-state index in [9.17, 15) is 9.59 Å². The number of carbonyl (C=O) groups excluding carboxylic acids is 2. The summed E-state index contributed by atoms with van der Waals surface area (Å²) in [6.45, 7) is 3.40. The quantitative estimate of drug-likeness (QED) is 0.763. The molecule has 0 spiro atoms. The van der Waals surface area contributed by atoms with Crippen molar-refractivity contribution in [1.82, 2.24) is 10.2 Å². The van der Waals surface area contributed by atoms with E-state index < -0.39 is 6.03 Å². The van der Waals surface area contributed by atoms with Crippen LogP contribution in [0.4, 0.5) is 4.79 Å². The van der Waals surface area contributed by atoms with E-state index in [-0.39, 0.29) is 24.4 Å². The Kier molecular flexibility index (Phi) is 5.79. The lowest BCUT2D eigenvalue weighted by Crippen LogP contribution is -2.50. The van der Waals surface area contributed by atoms with Crippen molar-refractivity contribution in [3.05, 3.63) is 22.4 Å². The number of nitrogens with two attached hydrogens (primary N) is 2. The molecule has 0 radical (unpaired) electrons. The third-order valence-corrected chi connectivity index (χ3v) is 5.14. The first kappa shape index (κ1) is 16.8. The molecule has 2 rings (SSSR count). The van der Waals surface area contributed by atoms with Gasteiger partial charge < -0.3 is 21.7 Å². The van der Waals surface area contributed by atoms with Crippen molar-refractivity contribution in [1.29, 1.82) is 0 Å². The minimum atomic E-state index is -0.617. The summed E-state index contributed by atoms with van der Waals surface area (Å²) >= 11 is 1.50. The molecule has 1 aromatic heterocycles. The average Bonchev–Trinajstić information content (AvgIpc) is 2.99. The molecule has 0 bridgehead atoms. The molecule has 1 saturated heterocycles. The van der Waals surface area contributed by atoms with E-state index in [0.717, 1.165) is 24.3 Å². The molecule has 5 N–H and O–H groups in total. The normalized spacial score (nSPS) is 23.1. The molecule has 0 aliphatic carbocycles. The van der Waals surface area contributed by atoms with Gasteiger partial charge >= 0.3 is 6.03 Å². The molecule has 3 unspecified atom stereocenters. The smallest absolute Gasteiger partial charge is 0.312 e. The summed E-state index contributed by atoms with van der Waals surface area (Å²) < 4.78 is 0. The minimum absolute atomic E-state index is 0.0227. The van der Waals surface area contributed by atoms with E-state index in [0.29, 0.717) is 12.5 Å². The fourth-order valence-corrected chi connectivity index (χ4v) is 3.76. The molecule has 22 heavy (non-hydrogen) atoms. The highest BCUT2D eigenvalue weighted by molar-refractivity contribution is 7.10. The Balaban J connectivity index is 2.05. The lowest BCUT2D eigenvalue weighted by molar-refractivity contribution is -0.135. The van der Waals surface area contributed by atoms with E-state index in [1.165, 1.54) is 11.3 Å². The SMILES string of the molecule is CC1CCN(C(=O)CC(NC(N)=O)c2cccs2)C(CN)C1. The Bertz CT molecular complexity index is 506. The van der Waals surface area contributed by atoms with Crippen molar-refractivity contribution < 1.29 is 9.59 Å². The molecular formula is C15H24N4O2S. The monoisotopic (exact) mass is 324 g/mol. The van der Waals surface area contributed by atoms with Gasteiger partial charge in [-0.1, -0.05) is 13.0 Å². The number of hydrogen-bond acceptors (Lipinski definition) is 4. The molecule has 0 aromatic carbocycles. The van der Waals surface area contributed by atoms with Crippen LogP contribution < -0.4 is 16.8 Å². The molecule has 1 fully saturated rings. The summed E-state index contributed by atoms with van der Waals surface area (Å²) in [6.07, 6.45) is 2.15. The summed E-state index contributed by atoms with van der Waals surface area (Å²) in [6, 6.07) is 2.90. The van der Waals surface area contributed by atoms with E-state index >= 15 is 0 Å². The summed E-state index contributed by atoms with van der Waals surface area (Å²) in [5.74, 6) is 0.615. The van der Waals surface area contributed by atoms with Gasteiger partial charge in [0.05, 0.1) is 12.5 Å². The Morgan fingerprint density at radius 3 is 2.91 bits per heavy atom. The maximum atomic E-state index is 12.6. The van der Waals surface area contributed by atoms with Gasteiger partial charge in [0.25, 0.3) is 0 Å². The fraction of sp³-hybridized carbons (Fsp3) is 0.600. The van der Waals surface area contributed by atoms with Gasteiger partial charge in [-0.3, -0.25) is 4.79 Å². The zero-order valence-electron chi connectivity index (χ0n) is 12.8. The first-order valence-electron chi connectivity index (χ1n) is 7.60. The topological polar surface area (TPSA) is 101 Å². The van der Waals surface area contributed by atoms with Gasteiger partial charge in [-0.25, -0.2) is 4.79 Å². The number of nitrogens with zero attached hydrogens (tertiary/aromatic N) is 1. The molecule has 1 aliphatic rings. The van der Waals surface area contributed by atoms with Gasteiger partial charge in [-0.2, -0.15) is 0 Å². The van der Waals surface area contributed by atoms with Crippen LogP contribution in [0.5, 0.6) is 0 Å². The number of piperidine rings is 1. The third kappa shape index (κ3) is 4.20. The fourth-order valence-electron chi connectivity index (χ4n) is 2.98. The van der Waals surface area contributed by atoms with Crippen molar-refractivity contribution >= 4 is 23.3 Å². The zero-order chi connectivity index (χ0) is 16.1. The average molecular weight is 324 g/mol. The van der Waals surface area contributed by atoms with Gasteiger partial charge in [0.2, 0.25) is 5.91 Å². The summed E-state index contributed by atoms with van der Waals surface area (Å²) in [5, 5.41) is 4.58. The number of amides is 3. The predicted molar refractivity (Wildman–Crippen MR) is 87.3 cm³/mol. The molecule has 1 aliphatic heterocycles. The largest absolute Gasteiger partial charge is 0.352 e. The van der Waals surface area contributed by atoms with Gasteiger partial charge in [-0.05, 0) is 30.2 Å². The van der Waals surface area contributed by atoms with Crippen LogP contribution in [0.3, 0.4) is 0 Å². The molecule has 3 amide bonds. The number of likely N-dealkylation sites (tertiary alicyclic amines) is 1. The van der Waals surface area contributed by atoms with Crippen LogP contribution in [0.15, 0.2) is 17.5 Å². The van der Waals surface area contributed by atoms with Gasteiger partial charge in [-0.15, -0.1) is 11.3 Å². The van der Waals surface area contributed by atoms with Crippen molar-refractivity contribution in [3.8, 4) is 0 Å². The lowest BCUT2D eigenvalue weighted by atomic mass is 9.92. The number of thiophene rings is 1. The number of primary amides is 1. The van der Waals surface area contributed by atoms with Crippen LogP contribution in [0, 0.1) is 5.92 Å². The molecule has 122 valence electrons. The van der Waals surface area contributed by atoms with Gasteiger partial charge in [0, 0.05) is 24.0 Å². The van der Waals surface area contributed by atoms with Crippen LogP contribution >= 0.6 is 11.3 Å². The van der Waals surface area contributed by atoms with Crippen LogP contribution in [-0.2, 0) is 4.79 Å². The number of nitrogens with one attached hydrogen (secondary N) is 1. The minimum Gasteiger partial charge on any atom is -0.352 e.